The maximum atomic E-state index is 6.09. The van der Waals surface area contributed by atoms with Gasteiger partial charge in [0.25, 0.3) is 0 Å². The zero-order valence-corrected chi connectivity index (χ0v) is 10.9. The first kappa shape index (κ1) is 12.3. The largest absolute Gasteiger partial charge is 0.329 e. The van der Waals surface area contributed by atoms with Crippen LogP contribution in [-0.2, 0) is 0 Å². The van der Waals surface area contributed by atoms with Crippen LogP contribution in [0.2, 0.25) is 0 Å². The van der Waals surface area contributed by atoms with Crippen LogP contribution in [0.5, 0.6) is 0 Å². The normalized spacial score (nSPS) is 33.0. The van der Waals surface area contributed by atoms with Crippen LogP contribution in [0.4, 0.5) is 0 Å². The molecule has 1 atom stereocenters. The van der Waals surface area contributed by atoms with Crippen molar-refractivity contribution >= 4 is 0 Å². The molecule has 3 nitrogen and oxygen atoms in total. The molecule has 1 aliphatic heterocycles. The lowest BCUT2D eigenvalue weighted by Gasteiger charge is -2.41. The highest BCUT2D eigenvalue weighted by Crippen LogP contribution is 2.34. The zero-order chi connectivity index (χ0) is 11.6. The Morgan fingerprint density at radius 2 is 2.06 bits per heavy atom. The SMILES string of the molecule is CN1CCCC(CN)(N(C)CC2CC2)CC1. The van der Waals surface area contributed by atoms with Crippen molar-refractivity contribution < 1.29 is 0 Å². The maximum absolute atomic E-state index is 6.09. The Bertz CT molecular complexity index is 227. The summed E-state index contributed by atoms with van der Waals surface area (Å²) >= 11 is 0. The van der Waals surface area contributed by atoms with E-state index in [0.717, 1.165) is 12.5 Å². The van der Waals surface area contributed by atoms with E-state index in [0.29, 0.717) is 0 Å². The van der Waals surface area contributed by atoms with Crippen LogP contribution >= 0.6 is 0 Å². The fourth-order valence-corrected chi connectivity index (χ4v) is 2.94. The van der Waals surface area contributed by atoms with Crippen molar-refractivity contribution in [3.05, 3.63) is 0 Å². The Kier molecular flexibility index (Phi) is 3.88. The fraction of sp³-hybridized carbons (Fsp3) is 1.00. The predicted octanol–water partition coefficient (Wildman–Crippen LogP) is 1.14. The molecule has 16 heavy (non-hydrogen) atoms. The molecular weight excluding hydrogens is 198 g/mol. The second-order valence-electron chi connectivity index (χ2n) is 5.91. The Morgan fingerprint density at radius 1 is 1.31 bits per heavy atom. The van der Waals surface area contributed by atoms with Gasteiger partial charge in [-0.3, -0.25) is 4.90 Å². The summed E-state index contributed by atoms with van der Waals surface area (Å²) in [4.78, 5) is 5.02. The van der Waals surface area contributed by atoms with Crippen LogP contribution in [0.3, 0.4) is 0 Å². The van der Waals surface area contributed by atoms with Crippen LogP contribution in [0.1, 0.15) is 32.1 Å². The van der Waals surface area contributed by atoms with Crippen LogP contribution in [0.25, 0.3) is 0 Å². The van der Waals surface area contributed by atoms with Crippen molar-refractivity contribution in [2.24, 2.45) is 11.7 Å². The molecule has 0 spiro atoms. The van der Waals surface area contributed by atoms with Crippen molar-refractivity contribution in [3.8, 4) is 0 Å². The van der Waals surface area contributed by atoms with Gasteiger partial charge in [-0.25, -0.2) is 0 Å². The van der Waals surface area contributed by atoms with Gasteiger partial charge in [0.2, 0.25) is 0 Å². The second kappa shape index (κ2) is 5.03. The fourth-order valence-electron chi connectivity index (χ4n) is 2.94. The number of hydrogen-bond acceptors (Lipinski definition) is 3. The van der Waals surface area contributed by atoms with Crippen molar-refractivity contribution in [1.29, 1.82) is 0 Å². The number of hydrogen-bond donors (Lipinski definition) is 1. The van der Waals surface area contributed by atoms with E-state index in [1.165, 1.54) is 51.7 Å². The minimum Gasteiger partial charge on any atom is -0.329 e. The Labute approximate surface area is 100.0 Å². The summed E-state index contributed by atoms with van der Waals surface area (Å²) < 4.78 is 0. The third-order valence-electron chi connectivity index (χ3n) is 4.56. The van der Waals surface area contributed by atoms with Gasteiger partial charge < -0.3 is 10.6 Å². The van der Waals surface area contributed by atoms with Gasteiger partial charge in [-0.1, -0.05) is 0 Å². The van der Waals surface area contributed by atoms with Crippen LogP contribution in [0, 0.1) is 5.92 Å². The smallest absolute Gasteiger partial charge is 0.0341 e. The molecular formula is C13H27N3. The van der Waals surface area contributed by atoms with Gasteiger partial charge in [-0.15, -0.1) is 0 Å². The van der Waals surface area contributed by atoms with Gasteiger partial charge in [0.15, 0.2) is 0 Å². The minimum atomic E-state index is 0.285. The molecule has 3 heteroatoms. The lowest BCUT2D eigenvalue weighted by Crippen LogP contribution is -2.53. The third-order valence-corrected chi connectivity index (χ3v) is 4.56. The molecule has 1 saturated carbocycles. The highest BCUT2D eigenvalue weighted by atomic mass is 15.2. The quantitative estimate of drug-likeness (QED) is 0.779. The molecule has 2 N–H and O–H groups in total. The lowest BCUT2D eigenvalue weighted by atomic mass is 9.88. The summed E-state index contributed by atoms with van der Waals surface area (Å²) in [6, 6.07) is 0. The average molecular weight is 225 g/mol. The molecule has 2 aliphatic rings. The molecule has 0 aromatic rings. The maximum Gasteiger partial charge on any atom is 0.0341 e. The summed E-state index contributed by atoms with van der Waals surface area (Å²) in [7, 11) is 4.52. The van der Waals surface area contributed by atoms with Crippen molar-refractivity contribution in [3.63, 3.8) is 0 Å². The number of likely N-dealkylation sites (N-methyl/N-ethyl adjacent to an activating group) is 1. The van der Waals surface area contributed by atoms with Gasteiger partial charge in [0.05, 0.1) is 0 Å². The summed E-state index contributed by atoms with van der Waals surface area (Å²) in [6.45, 7) is 4.52. The number of rotatable bonds is 4. The number of nitrogens with zero attached hydrogens (tertiary/aromatic N) is 2. The van der Waals surface area contributed by atoms with Crippen LogP contribution < -0.4 is 5.73 Å². The molecule has 1 aliphatic carbocycles. The summed E-state index contributed by atoms with van der Waals surface area (Å²) in [5, 5.41) is 0. The summed E-state index contributed by atoms with van der Waals surface area (Å²) in [5.74, 6) is 0.967. The average Bonchev–Trinajstić information content (AvgIpc) is 3.07. The molecule has 2 fully saturated rings. The molecule has 1 unspecified atom stereocenters. The van der Waals surface area contributed by atoms with Gasteiger partial charge in [0, 0.05) is 18.6 Å². The van der Waals surface area contributed by atoms with E-state index in [9.17, 15) is 0 Å². The molecule has 1 heterocycles. The molecule has 0 amide bonds. The van der Waals surface area contributed by atoms with Gasteiger partial charge in [0.1, 0.15) is 0 Å². The van der Waals surface area contributed by atoms with E-state index in [2.05, 4.69) is 23.9 Å². The predicted molar refractivity (Wildman–Crippen MR) is 68.5 cm³/mol. The lowest BCUT2D eigenvalue weighted by molar-refractivity contribution is 0.103. The molecule has 0 bridgehead atoms. The van der Waals surface area contributed by atoms with Crippen LogP contribution in [-0.4, -0.2) is 55.6 Å². The first-order chi connectivity index (χ1) is 7.66. The molecule has 1 saturated heterocycles. The Hall–Kier alpha value is -0.120. The summed E-state index contributed by atoms with van der Waals surface area (Å²) in [6.07, 6.45) is 6.68. The van der Waals surface area contributed by atoms with E-state index < -0.39 is 0 Å². The van der Waals surface area contributed by atoms with Crippen molar-refractivity contribution in [2.45, 2.75) is 37.6 Å². The number of likely N-dealkylation sites (tertiary alicyclic amines) is 1. The third kappa shape index (κ3) is 2.76. The molecule has 2 rings (SSSR count). The van der Waals surface area contributed by atoms with E-state index in [4.69, 9.17) is 5.73 Å². The van der Waals surface area contributed by atoms with E-state index in [1.807, 2.05) is 0 Å². The van der Waals surface area contributed by atoms with E-state index >= 15 is 0 Å². The Morgan fingerprint density at radius 3 is 2.69 bits per heavy atom. The van der Waals surface area contributed by atoms with Crippen LogP contribution in [0.15, 0.2) is 0 Å². The standard InChI is InChI=1S/C13H27N3/c1-15-8-3-6-13(11-14,7-9-15)16(2)10-12-4-5-12/h12H,3-11,14H2,1-2H3. The first-order valence-corrected chi connectivity index (χ1v) is 6.76. The van der Waals surface area contributed by atoms with Gasteiger partial charge in [-0.2, -0.15) is 0 Å². The molecule has 0 radical (unpaired) electrons. The van der Waals surface area contributed by atoms with Crippen molar-refractivity contribution in [2.75, 3.05) is 40.3 Å². The van der Waals surface area contributed by atoms with Gasteiger partial charge in [-0.05, 0) is 65.2 Å². The van der Waals surface area contributed by atoms with E-state index in [-0.39, 0.29) is 5.54 Å². The first-order valence-electron chi connectivity index (χ1n) is 6.76. The van der Waals surface area contributed by atoms with Gasteiger partial charge >= 0.3 is 0 Å². The summed E-state index contributed by atoms with van der Waals surface area (Å²) in [5.41, 5.74) is 6.38. The second-order valence-corrected chi connectivity index (χ2v) is 5.91. The number of nitrogens with two attached hydrogens (primary N) is 1. The highest BCUT2D eigenvalue weighted by molar-refractivity contribution is 4.94. The molecule has 0 aromatic carbocycles. The topological polar surface area (TPSA) is 32.5 Å². The van der Waals surface area contributed by atoms with Crippen molar-refractivity contribution in [1.82, 2.24) is 9.80 Å². The zero-order valence-electron chi connectivity index (χ0n) is 10.9. The minimum absolute atomic E-state index is 0.285. The molecule has 94 valence electrons. The van der Waals surface area contributed by atoms with E-state index in [1.54, 1.807) is 0 Å². The Balaban J connectivity index is 1.97. The monoisotopic (exact) mass is 225 g/mol. The molecule has 0 aromatic heterocycles. The highest BCUT2D eigenvalue weighted by Gasteiger charge is 2.37.